The van der Waals surface area contributed by atoms with Gasteiger partial charge in [0, 0.05) is 18.9 Å². The summed E-state index contributed by atoms with van der Waals surface area (Å²) in [7, 11) is 0. The Bertz CT molecular complexity index is 570. The van der Waals surface area contributed by atoms with Gasteiger partial charge in [0.05, 0.1) is 0 Å². The fourth-order valence-electron chi connectivity index (χ4n) is 1.51. The van der Waals surface area contributed by atoms with Crippen LogP contribution >= 0.6 is 0 Å². The van der Waals surface area contributed by atoms with Crippen molar-refractivity contribution in [2.45, 2.75) is 20.4 Å². The number of rotatable bonds is 3. The molecule has 2 aromatic rings. The maximum absolute atomic E-state index is 12.1. The topological polar surface area (TPSA) is 91.6 Å². The van der Waals surface area contributed by atoms with Crippen molar-refractivity contribution in [1.29, 1.82) is 0 Å². The zero-order valence-corrected chi connectivity index (χ0v) is 9.74. The number of anilines is 1. The normalized spacial score (nSPS) is 11.0. The van der Waals surface area contributed by atoms with E-state index in [2.05, 4.69) is 15.1 Å². The Hall–Kier alpha value is -2.18. The Morgan fingerprint density at radius 2 is 2.18 bits per heavy atom. The van der Waals surface area contributed by atoms with Gasteiger partial charge in [-0.05, 0) is 5.92 Å². The van der Waals surface area contributed by atoms with Crippen LogP contribution in [0.15, 0.2) is 23.5 Å². The SMILES string of the molecule is CC(C)Cn1ccnc(-n2cnc(N)n2)c1=O. The first-order valence-electron chi connectivity index (χ1n) is 5.31. The molecule has 2 aromatic heterocycles. The molecular formula is C10H14N6O. The minimum absolute atomic E-state index is 0.116. The summed E-state index contributed by atoms with van der Waals surface area (Å²) >= 11 is 0. The van der Waals surface area contributed by atoms with Crippen LogP contribution in [0.1, 0.15) is 13.8 Å². The number of hydrogen-bond donors (Lipinski definition) is 1. The van der Waals surface area contributed by atoms with Gasteiger partial charge in [-0.2, -0.15) is 4.68 Å². The first-order valence-corrected chi connectivity index (χ1v) is 5.31. The molecule has 0 aliphatic heterocycles. The third kappa shape index (κ3) is 2.32. The number of nitrogen functional groups attached to an aromatic ring is 1. The third-order valence-corrected chi connectivity index (χ3v) is 2.18. The molecule has 2 N–H and O–H groups in total. The molecule has 0 unspecified atom stereocenters. The Kier molecular flexibility index (Phi) is 2.90. The van der Waals surface area contributed by atoms with Crippen molar-refractivity contribution in [2.75, 3.05) is 5.73 Å². The maximum Gasteiger partial charge on any atom is 0.295 e. The van der Waals surface area contributed by atoms with Crippen LogP contribution < -0.4 is 11.3 Å². The Morgan fingerprint density at radius 3 is 2.76 bits per heavy atom. The van der Waals surface area contributed by atoms with Crippen molar-refractivity contribution in [3.63, 3.8) is 0 Å². The Morgan fingerprint density at radius 1 is 1.41 bits per heavy atom. The van der Waals surface area contributed by atoms with E-state index in [1.165, 1.54) is 11.0 Å². The lowest BCUT2D eigenvalue weighted by Crippen LogP contribution is -2.27. The highest BCUT2D eigenvalue weighted by molar-refractivity contribution is 5.20. The number of nitrogens with two attached hydrogens (primary N) is 1. The quantitative estimate of drug-likeness (QED) is 0.810. The molecular weight excluding hydrogens is 220 g/mol. The lowest BCUT2D eigenvalue weighted by atomic mass is 10.2. The van der Waals surface area contributed by atoms with Gasteiger partial charge in [0.15, 0.2) is 0 Å². The van der Waals surface area contributed by atoms with Crippen LogP contribution in [-0.4, -0.2) is 24.3 Å². The molecule has 0 radical (unpaired) electrons. The number of hydrogen-bond acceptors (Lipinski definition) is 5. The third-order valence-electron chi connectivity index (χ3n) is 2.18. The predicted octanol–water partition coefficient (Wildman–Crippen LogP) is 0.0622. The van der Waals surface area contributed by atoms with Gasteiger partial charge in [-0.3, -0.25) is 4.79 Å². The molecule has 2 rings (SSSR count). The fraction of sp³-hybridized carbons (Fsp3) is 0.400. The van der Waals surface area contributed by atoms with Crippen molar-refractivity contribution in [3.8, 4) is 5.82 Å². The van der Waals surface area contributed by atoms with Gasteiger partial charge in [0.1, 0.15) is 6.33 Å². The molecule has 0 atom stereocenters. The number of aromatic nitrogens is 5. The number of nitrogens with zero attached hydrogens (tertiary/aromatic N) is 5. The molecule has 0 saturated heterocycles. The molecule has 0 fully saturated rings. The van der Waals surface area contributed by atoms with Gasteiger partial charge >= 0.3 is 0 Å². The fourth-order valence-corrected chi connectivity index (χ4v) is 1.51. The van der Waals surface area contributed by atoms with Crippen molar-refractivity contribution in [1.82, 2.24) is 24.3 Å². The van der Waals surface area contributed by atoms with E-state index < -0.39 is 0 Å². The largest absolute Gasteiger partial charge is 0.366 e. The van der Waals surface area contributed by atoms with E-state index in [1.807, 2.05) is 13.8 Å². The molecule has 0 saturated carbocycles. The maximum atomic E-state index is 12.1. The summed E-state index contributed by atoms with van der Waals surface area (Å²) in [6.07, 6.45) is 4.60. The molecule has 0 spiro atoms. The molecule has 7 nitrogen and oxygen atoms in total. The smallest absolute Gasteiger partial charge is 0.295 e. The summed E-state index contributed by atoms with van der Waals surface area (Å²) in [6, 6.07) is 0. The van der Waals surface area contributed by atoms with Gasteiger partial charge in [0.2, 0.25) is 11.8 Å². The summed E-state index contributed by atoms with van der Waals surface area (Å²) < 4.78 is 2.89. The minimum atomic E-state index is -0.203. The second kappa shape index (κ2) is 4.36. The van der Waals surface area contributed by atoms with Crippen LogP contribution in [0.25, 0.3) is 5.82 Å². The van der Waals surface area contributed by atoms with Crippen LogP contribution in [0.3, 0.4) is 0 Å². The lowest BCUT2D eigenvalue weighted by molar-refractivity contribution is 0.506. The summed E-state index contributed by atoms with van der Waals surface area (Å²) in [5.74, 6) is 0.701. The Labute approximate surface area is 97.9 Å². The predicted molar refractivity (Wildman–Crippen MR) is 62.7 cm³/mol. The van der Waals surface area contributed by atoms with Crippen LogP contribution in [0.5, 0.6) is 0 Å². The highest BCUT2D eigenvalue weighted by atomic mass is 16.1. The summed E-state index contributed by atoms with van der Waals surface area (Å²) in [6.45, 7) is 4.72. The second-order valence-electron chi connectivity index (χ2n) is 4.15. The van der Waals surface area contributed by atoms with E-state index >= 15 is 0 Å². The summed E-state index contributed by atoms with van der Waals surface area (Å²) in [4.78, 5) is 19.9. The van der Waals surface area contributed by atoms with E-state index in [0.29, 0.717) is 12.5 Å². The van der Waals surface area contributed by atoms with Gasteiger partial charge in [-0.25, -0.2) is 9.97 Å². The first kappa shape index (κ1) is 11.3. The molecule has 0 bridgehead atoms. The molecule has 17 heavy (non-hydrogen) atoms. The molecule has 0 aromatic carbocycles. The van der Waals surface area contributed by atoms with E-state index in [9.17, 15) is 4.79 Å². The van der Waals surface area contributed by atoms with Crippen molar-refractivity contribution in [2.24, 2.45) is 5.92 Å². The molecule has 0 aliphatic rings. The van der Waals surface area contributed by atoms with Crippen LogP contribution in [0.2, 0.25) is 0 Å². The molecule has 7 heteroatoms. The van der Waals surface area contributed by atoms with Crippen molar-refractivity contribution in [3.05, 3.63) is 29.1 Å². The van der Waals surface area contributed by atoms with Crippen LogP contribution in [-0.2, 0) is 6.54 Å². The van der Waals surface area contributed by atoms with Gasteiger partial charge in [-0.15, -0.1) is 5.10 Å². The Balaban J connectivity index is 2.46. The average Bonchev–Trinajstić information content (AvgIpc) is 2.67. The van der Waals surface area contributed by atoms with Crippen LogP contribution in [0.4, 0.5) is 5.95 Å². The first-order chi connectivity index (χ1) is 8.08. The monoisotopic (exact) mass is 234 g/mol. The summed E-state index contributed by atoms with van der Waals surface area (Å²) in [5.41, 5.74) is 5.20. The van der Waals surface area contributed by atoms with E-state index in [4.69, 9.17) is 5.73 Å². The summed E-state index contributed by atoms with van der Waals surface area (Å²) in [5, 5.41) is 3.87. The van der Waals surface area contributed by atoms with E-state index in [1.54, 1.807) is 17.0 Å². The highest BCUT2D eigenvalue weighted by Crippen LogP contribution is 1.99. The zero-order valence-electron chi connectivity index (χ0n) is 9.74. The van der Waals surface area contributed by atoms with Gasteiger partial charge in [-0.1, -0.05) is 13.8 Å². The molecule has 0 amide bonds. The van der Waals surface area contributed by atoms with E-state index in [0.717, 1.165) is 0 Å². The minimum Gasteiger partial charge on any atom is -0.366 e. The van der Waals surface area contributed by atoms with Crippen molar-refractivity contribution < 1.29 is 0 Å². The molecule has 2 heterocycles. The standard InChI is InChI=1S/C10H14N6O/c1-7(2)5-15-4-3-12-8(9(15)17)16-6-13-10(11)14-16/h3-4,6-7H,5H2,1-2H3,(H2,11,14). The van der Waals surface area contributed by atoms with Crippen LogP contribution in [0, 0.1) is 5.92 Å². The molecule has 90 valence electrons. The van der Waals surface area contributed by atoms with Gasteiger partial charge < -0.3 is 10.3 Å². The second-order valence-corrected chi connectivity index (χ2v) is 4.15. The average molecular weight is 234 g/mol. The lowest BCUT2D eigenvalue weighted by Gasteiger charge is -2.09. The zero-order chi connectivity index (χ0) is 12.4. The van der Waals surface area contributed by atoms with Crippen molar-refractivity contribution >= 4 is 5.95 Å². The van der Waals surface area contributed by atoms with E-state index in [-0.39, 0.29) is 17.3 Å². The highest BCUT2D eigenvalue weighted by Gasteiger charge is 2.09. The molecule has 0 aliphatic carbocycles. The van der Waals surface area contributed by atoms with Gasteiger partial charge in [0.25, 0.3) is 5.56 Å².